The molecule has 132 valence electrons. The second-order valence-corrected chi connectivity index (χ2v) is 5.48. The average Bonchev–Trinajstić information content (AvgIpc) is 3.06. The van der Waals surface area contributed by atoms with Crippen LogP contribution in [0.2, 0.25) is 0 Å². The first-order valence-corrected chi connectivity index (χ1v) is 7.94. The van der Waals surface area contributed by atoms with Gasteiger partial charge in [-0.05, 0) is 30.5 Å². The SMILES string of the molecule is CN=C(NCCC1=CCOCC1)NCc1ccc2c(c1)OCO2.I. The minimum atomic E-state index is 0. The molecule has 7 heteroatoms. The molecule has 0 amide bonds. The third-order valence-electron chi connectivity index (χ3n) is 3.92. The fourth-order valence-electron chi connectivity index (χ4n) is 2.59. The number of halogens is 1. The quantitative estimate of drug-likeness (QED) is 0.316. The van der Waals surface area contributed by atoms with Crippen molar-refractivity contribution in [1.29, 1.82) is 0 Å². The molecule has 0 aromatic heterocycles. The Bertz CT molecular complexity index is 605. The van der Waals surface area contributed by atoms with Crippen LogP contribution in [-0.4, -0.2) is 39.6 Å². The van der Waals surface area contributed by atoms with Gasteiger partial charge in [-0.3, -0.25) is 4.99 Å². The molecule has 1 aromatic carbocycles. The summed E-state index contributed by atoms with van der Waals surface area (Å²) >= 11 is 0. The van der Waals surface area contributed by atoms with E-state index in [4.69, 9.17) is 14.2 Å². The summed E-state index contributed by atoms with van der Waals surface area (Å²) in [6.45, 7) is 3.44. The molecule has 6 nitrogen and oxygen atoms in total. The highest BCUT2D eigenvalue weighted by Crippen LogP contribution is 2.32. The molecule has 0 saturated heterocycles. The fraction of sp³-hybridized carbons (Fsp3) is 0.471. The summed E-state index contributed by atoms with van der Waals surface area (Å²) in [6, 6.07) is 5.96. The molecule has 0 saturated carbocycles. The van der Waals surface area contributed by atoms with Crippen LogP contribution in [0.5, 0.6) is 11.5 Å². The van der Waals surface area contributed by atoms with Crippen molar-refractivity contribution in [3.05, 3.63) is 35.4 Å². The van der Waals surface area contributed by atoms with Crippen LogP contribution in [0.25, 0.3) is 0 Å². The normalized spacial score (nSPS) is 16.2. The third kappa shape index (κ3) is 5.27. The fourth-order valence-corrected chi connectivity index (χ4v) is 2.59. The standard InChI is InChI=1S/C17H23N3O3.HI/c1-18-17(19-7-4-13-5-8-21-9-6-13)20-11-14-2-3-15-16(10-14)23-12-22-15;/h2-3,5,10H,4,6-9,11-12H2,1H3,(H2,18,19,20);1H. The molecule has 0 atom stereocenters. The monoisotopic (exact) mass is 445 g/mol. The van der Waals surface area contributed by atoms with Gasteiger partial charge < -0.3 is 24.8 Å². The van der Waals surface area contributed by atoms with Crippen LogP contribution in [0, 0.1) is 0 Å². The Morgan fingerprint density at radius 2 is 2.08 bits per heavy atom. The van der Waals surface area contributed by atoms with Crippen LogP contribution in [0.15, 0.2) is 34.8 Å². The van der Waals surface area contributed by atoms with Crippen LogP contribution in [0.4, 0.5) is 0 Å². The molecule has 0 bridgehead atoms. The molecule has 0 radical (unpaired) electrons. The molecule has 0 aliphatic carbocycles. The number of hydrogen-bond acceptors (Lipinski definition) is 4. The summed E-state index contributed by atoms with van der Waals surface area (Å²) in [6.07, 6.45) is 4.23. The maximum absolute atomic E-state index is 5.39. The molecule has 3 rings (SSSR count). The van der Waals surface area contributed by atoms with E-state index in [1.807, 2.05) is 18.2 Å². The molecule has 2 aliphatic rings. The Morgan fingerprint density at radius 3 is 2.88 bits per heavy atom. The highest BCUT2D eigenvalue weighted by atomic mass is 127. The first-order chi connectivity index (χ1) is 11.3. The zero-order valence-electron chi connectivity index (χ0n) is 13.8. The molecule has 2 N–H and O–H groups in total. The Morgan fingerprint density at radius 1 is 1.21 bits per heavy atom. The van der Waals surface area contributed by atoms with Crippen molar-refractivity contribution in [3.8, 4) is 11.5 Å². The number of benzene rings is 1. The van der Waals surface area contributed by atoms with Gasteiger partial charge in [0.05, 0.1) is 13.2 Å². The predicted octanol–water partition coefficient (Wildman–Crippen LogP) is 2.44. The second kappa shape index (κ2) is 9.73. The van der Waals surface area contributed by atoms with Crippen LogP contribution < -0.4 is 20.1 Å². The molecule has 0 spiro atoms. The maximum atomic E-state index is 5.39. The predicted molar refractivity (Wildman–Crippen MR) is 104 cm³/mol. The van der Waals surface area contributed by atoms with Crippen molar-refractivity contribution >= 4 is 29.9 Å². The summed E-state index contributed by atoms with van der Waals surface area (Å²) in [5, 5.41) is 6.65. The number of aliphatic imine (C=N–C) groups is 1. The van der Waals surface area contributed by atoms with Crippen LogP contribution >= 0.6 is 24.0 Å². The molecular formula is C17H24IN3O3. The van der Waals surface area contributed by atoms with E-state index in [2.05, 4.69) is 21.7 Å². The van der Waals surface area contributed by atoms with E-state index in [0.29, 0.717) is 13.3 Å². The third-order valence-corrected chi connectivity index (χ3v) is 3.92. The lowest BCUT2D eigenvalue weighted by Gasteiger charge is -2.15. The lowest BCUT2D eigenvalue weighted by Crippen LogP contribution is -2.37. The van der Waals surface area contributed by atoms with Crippen molar-refractivity contribution in [2.24, 2.45) is 4.99 Å². The topological polar surface area (TPSA) is 64.1 Å². The van der Waals surface area contributed by atoms with Gasteiger partial charge in [-0.1, -0.05) is 17.7 Å². The molecule has 24 heavy (non-hydrogen) atoms. The average molecular weight is 445 g/mol. The number of nitrogens with zero attached hydrogens (tertiary/aromatic N) is 1. The van der Waals surface area contributed by atoms with Gasteiger partial charge in [0.2, 0.25) is 6.79 Å². The first-order valence-electron chi connectivity index (χ1n) is 7.94. The summed E-state index contributed by atoms with van der Waals surface area (Å²) in [4.78, 5) is 4.25. The smallest absolute Gasteiger partial charge is 0.231 e. The lowest BCUT2D eigenvalue weighted by molar-refractivity contribution is 0.153. The number of rotatable bonds is 5. The molecule has 2 heterocycles. The maximum Gasteiger partial charge on any atom is 0.231 e. The Kier molecular flexibility index (Phi) is 7.64. The Labute approximate surface area is 159 Å². The van der Waals surface area contributed by atoms with Crippen LogP contribution in [0.1, 0.15) is 18.4 Å². The van der Waals surface area contributed by atoms with E-state index in [1.165, 1.54) is 5.57 Å². The number of ether oxygens (including phenoxy) is 3. The van der Waals surface area contributed by atoms with Gasteiger partial charge in [-0.2, -0.15) is 0 Å². The van der Waals surface area contributed by atoms with Crippen molar-refractivity contribution in [2.75, 3.05) is 33.6 Å². The van der Waals surface area contributed by atoms with Crippen molar-refractivity contribution in [3.63, 3.8) is 0 Å². The van der Waals surface area contributed by atoms with E-state index in [0.717, 1.165) is 55.6 Å². The van der Waals surface area contributed by atoms with E-state index >= 15 is 0 Å². The van der Waals surface area contributed by atoms with Gasteiger partial charge in [0.15, 0.2) is 17.5 Å². The molecule has 0 fully saturated rings. The Balaban J connectivity index is 0.00000208. The number of nitrogens with one attached hydrogen (secondary N) is 2. The molecule has 1 aromatic rings. The van der Waals surface area contributed by atoms with E-state index in [9.17, 15) is 0 Å². The minimum absolute atomic E-state index is 0. The first kappa shape index (κ1) is 18.9. The zero-order valence-corrected chi connectivity index (χ0v) is 16.2. The van der Waals surface area contributed by atoms with Crippen LogP contribution in [-0.2, 0) is 11.3 Å². The minimum Gasteiger partial charge on any atom is -0.454 e. The number of guanidine groups is 1. The largest absolute Gasteiger partial charge is 0.454 e. The summed E-state index contributed by atoms with van der Waals surface area (Å²) in [5.41, 5.74) is 2.58. The van der Waals surface area contributed by atoms with Gasteiger partial charge in [-0.25, -0.2) is 0 Å². The lowest BCUT2D eigenvalue weighted by atomic mass is 10.1. The molecule has 2 aliphatic heterocycles. The zero-order chi connectivity index (χ0) is 15.9. The van der Waals surface area contributed by atoms with E-state index < -0.39 is 0 Å². The van der Waals surface area contributed by atoms with Crippen molar-refractivity contribution in [1.82, 2.24) is 10.6 Å². The van der Waals surface area contributed by atoms with Crippen LogP contribution in [0.3, 0.4) is 0 Å². The van der Waals surface area contributed by atoms with Gasteiger partial charge >= 0.3 is 0 Å². The van der Waals surface area contributed by atoms with Gasteiger partial charge in [-0.15, -0.1) is 24.0 Å². The molecular weight excluding hydrogens is 421 g/mol. The van der Waals surface area contributed by atoms with Gasteiger partial charge in [0.25, 0.3) is 0 Å². The van der Waals surface area contributed by atoms with Crippen molar-refractivity contribution in [2.45, 2.75) is 19.4 Å². The highest BCUT2D eigenvalue weighted by Gasteiger charge is 2.13. The number of fused-ring (bicyclic) bond motifs is 1. The molecule has 0 unspecified atom stereocenters. The summed E-state index contributed by atoms with van der Waals surface area (Å²) in [5.74, 6) is 2.41. The van der Waals surface area contributed by atoms with Gasteiger partial charge in [0.1, 0.15) is 0 Å². The second-order valence-electron chi connectivity index (χ2n) is 5.48. The van der Waals surface area contributed by atoms with Gasteiger partial charge in [0, 0.05) is 20.1 Å². The van der Waals surface area contributed by atoms with Crippen molar-refractivity contribution < 1.29 is 14.2 Å². The van der Waals surface area contributed by atoms with E-state index in [-0.39, 0.29) is 24.0 Å². The highest BCUT2D eigenvalue weighted by molar-refractivity contribution is 14.0. The Hall–Kier alpha value is -1.48. The number of hydrogen-bond donors (Lipinski definition) is 2. The summed E-state index contributed by atoms with van der Waals surface area (Å²) in [7, 11) is 1.78. The van der Waals surface area contributed by atoms with E-state index in [1.54, 1.807) is 7.05 Å². The summed E-state index contributed by atoms with van der Waals surface area (Å²) < 4.78 is 16.0.